The molecule has 0 spiro atoms. The highest BCUT2D eigenvalue weighted by molar-refractivity contribution is 6.01. The summed E-state index contributed by atoms with van der Waals surface area (Å²) in [7, 11) is 2.12. The Morgan fingerprint density at radius 1 is 0.833 bits per heavy atom. The van der Waals surface area contributed by atoms with Gasteiger partial charge in [-0.15, -0.1) is 0 Å². The molecule has 0 bridgehead atoms. The van der Waals surface area contributed by atoms with Crippen LogP contribution in [0.4, 0.5) is 0 Å². The van der Waals surface area contributed by atoms with Crippen LogP contribution in [0.25, 0.3) is 33.2 Å². The SMILES string of the molecule is Cc1ccccc1-c1c(-c2ccncc2)c2ccccc2c[n+]1C. The molecule has 2 aromatic heterocycles. The molecule has 4 aromatic rings. The van der Waals surface area contributed by atoms with Crippen LogP contribution in [0.15, 0.2) is 79.3 Å². The Balaban J connectivity index is 2.17. The summed E-state index contributed by atoms with van der Waals surface area (Å²) in [6.07, 6.45) is 5.93. The predicted octanol–water partition coefficient (Wildman–Crippen LogP) is 4.70. The molecule has 0 saturated carbocycles. The van der Waals surface area contributed by atoms with Gasteiger partial charge in [-0.25, -0.2) is 0 Å². The van der Waals surface area contributed by atoms with Gasteiger partial charge in [-0.2, -0.15) is 4.57 Å². The molecule has 2 nitrogen and oxygen atoms in total. The van der Waals surface area contributed by atoms with Crippen molar-refractivity contribution in [3.63, 3.8) is 0 Å². The first kappa shape index (κ1) is 14.6. The molecule has 116 valence electrons. The van der Waals surface area contributed by atoms with Crippen LogP contribution in [0.3, 0.4) is 0 Å². The fourth-order valence-corrected chi connectivity index (χ4v) is 3.39. The smallest absolute Gasteiger partial charge is 0.221 e. The fraction of sp³-hybridized carbons (Fsp3) is 0.0909. The van der Waals surface area contributed by atoms with Crippen LogP contribution in [0.5, 0.6) is 0 Å². The van der Waals surface area contributed by atoms with Gasteiger partial charge in [-0.05, 0) is 42.3 Å². The number of nitrogens with zero attached hydrogens (tertiary/aromatic N) is 2. The lowest BCUT2D eigenvalue weighted by atomic mass is 9.92. The largest absolute Gasteiger partial charge is 0.265 e. The number of hydrogen-bond acceptors (Lipinski definition) is 1. The third-order valence-electron chi connectivity index (χ3n) is 4.52. The van der Waals surface area contributed by atoms with Gasteiger partial charge in [0.2, 0.25) is 5.69 Å². The number of fused-ring (bicyclic) bond motifs is 1. The molecular weight excluding hydrogens is 292 g/mol. The van der Waals surface area contributed by atoms with Crippen LogP contribution in [0.1, 0.15) is 5.56 Å². The maximum Gasteiger partial charge on any atom is 0.221 e. The molecule has 0 aliphatic rings. The molecule has 0 unspecified atom stereocenters. The van der Waals surface area contributed by atoms with Gasteiger partial charge in [-0.1, -0.05) is 36.4 Å². The Morgan fingerprint density at radius 2 is 1.54 bits per heavy atom. The van der Waals surface area contributed by atoms with E-state index in [1.54, 1.807) is 0 Å². The van der Waals surface area contributed by atoms with Crippen LogP contribution in [0, 0.1) is 6.92 Å². The Bertz CT molecular complexity index is 1020. The highest BCUT2D eigenvalue weighted by Crippen LogP contribution is 2.36. The van der Waals surface area contributed by atoms with E-state index in [1.807, 2.05) is 12.4 Å². The standard InChI is InChI=1S/C22H19N2/c1-16-7-3-5-9-19(16)22-21(17-11-13-23-14-12-17)20-10-6-4-8-18(20)15-24(22)2/h3-15H,1-2H3/q+1. The number of pyridine rings is 2. The minimum Gasteiger partial charge on any atom is -0.265 e. The van der Waals surface area contributed by atoms with Crippen molar-refractivity contribution >= 4 is 10.8 Å². The normalized spacial score (nSPS) is 10.9. The maximum atomic E-state index is 4.19. The van der Waals surface area contributed by atoms with E-state index in [9.17, 15) is 0 Å². The third-order valence-corrected chi connectivity index (χ3v) is 4.52. The van der Waals surface area contributed by atoms with E-state index in [4.69, 9.17) is 0 Å². The van der Waals surface area contributed by atoms with Gasteiger partial charge < -0.3 is 0 Å². The molecule has 0 N–H and O–H groups in total. The van der Waals surface area contributed by atoms with Gasteiger partial charge in [0.15, 0.2) is 6.20 Å². The molecule has 0 radical (unpaired) electrons. The predicted molar refractivity (Wildman–Crippen MR) is 98.5 cm³/mol. The lowest BCUT2D eigenvalue weighted by Crippen LogP contribution is -2.31. The second-order valence-corrected chi connectivity index (χ2v) is 6.10. The van der Waals surface area contributed by atoms with Crippen molar-refractivity contribution in [3.8, 4) is 22.4 Å². The number of hydrogen-bond donors (Lipinski definition) is 0. The van der Waals surface area contributed by atoms with E-state index in [0.29, 0.717) is 0 Å². The second-order valence-electron chi connectivity index (χ2n) is 6.10. The first-order chi connectivity index (χ1) is 11.8. The molecule has 2 heterocycles. The Kier molecular flexibility index (Phi) is 3.58. The van der Waals surface area contributed by atoms with Crippen LogP contribution in [-0.4, -0.2) is 4.98 Å². The van der Waals surface area contributed by atoms with E-state index in [2.05, 4.69) is 90.4 Å². The monoisotopic (exact) mass is 311 g/mol. The Hall–Kier alpha value is -3.00. The van der Waals surface area contributed by atoms with Gasteiger partial charge in [0.25, 0.3) is 0 Å². The molecule has 0 fully saturated rings. The summed E-state index contributed by atoms with van der Waals surface area (Å²) >= 11 is 0. The zero-order chi connectivity index (χ0) is 16.5. The highest BCUT2D eigenvalue weighted by atomic mass is 14.9. The number of rotatable bonds is 2. The van der Waals surface area contributed by atoms with Crippen molar-refractivity contribution in [1.82, 2.24) is 4.98 Å². The second kappa shape index (κ2) is 5.89. The molecule has 0 saturated heterocycles. The van der Waals surface area contributed by atoms with Crippen LogP contribution >= 0.6 is 0 Å². The molecule has 2 aromatic carbocycles. The molecule has 4 rings (SSSR count). The van der Waals surface area contributed by atoms with Gasteiger partial charge in [-0.3, -0.25) is 4.98 Å². The molecule has 0 aliphatic carbocycles. The molecule has 0 aliphatic heterocycles. The van der Waals surface area contributed by atoms with Crippen LogP contribution < -0.4 is 4.57 Å². The summed E-state index contributed by atoms with van der Waals surface area (Å²) in [4.78, 5) is 4.19. The Morgan fingerprint density at radius 3 is 2.33 bits per heavy atom. The summed E-state index contributed by atoms with van der Waals surface area (Å²) in [5.74, 6) is 0. The van der Waals surface area contributed by atoms with Gasteiger partial charge in [0.05, 0.1) is 5.56 Å². The van der Waals surface area contributed by atoms with Crippen molar-refractivity contribution in [3.05, 3.63) is 84.8 Å². The minimum absolute atomic E-state index is 1.19. The zero-order valence-corrected chi connectivity index (χ0v) is 13.9. The summed E-state index contributed by atoms with van der Waals surface area (Å²) in [5.41, 5.74) is 6.22. The topological polar surface area (TPSA) is 16.8 Å². The lowest BCUT2D eigenvalue weighted by Gasteiger charge is -2.13. The molecular formula is C22H19N2+. The van der Waals surface area contributed by atoms with Gasteiger partial charge in [0.1, 0.15) is 7.05 Å². The van der Waals surface area contributed by atoms with E-state index < -0.39 is 0 Å². The van der Waals surface area contributed by atoms with Crippen LogP contribution in [0.2, 0.25) is 0 Å². The van der Waals surface area contributed by atoms with E-state index in [1.165, 1.54) is 38.7 Å². The minimum atomic E-state index is 1.19. The fourth-order valence-electron chi connectivity index (χ4n) is 3.39. The van der Waals surface area contributed by atoms with Crippen molar-refractivity contribution in [1.29, 1.82) is 0 Å². The molecule has 0 amide bonds. The molecule has 24 heavy (non-hydrogen) atoms. The average Bonchev–Trinajstić information content (AvgIpc) is 2.62. The quantitative estimate of drug-likeness (QED) is 0.490. The zero-order valence-electron chi connectivity index (χ0n) is 13.9. The van der Waals surface area contributed by atoms with Crippen molar-refractivity contribution in [2.24, 2.45) is 7.05 Å². The lowest BCUT2D eigenvalue weighted by molar-refractivity contribution is -0.658. The van der Waals surface area contributed by atoms with Crippen molar-refractivity contribution in [2.75, 3.05) is 0 Å². The Labute approximate surface area is 142 Å². The average molecular weight is 311 g/mol. The summed E-state index contributed by atoms with van der Waals surface area (Å²) in [6, 6.07) is 21.3. The van der Waals surface area contributed by atoms with Gasteiger partial charge in [0, 0.05) is 28.7 Å². The first-order valence-electron chi connectivity index (χ1n) is 8.13. The van der Waals surface area contributed by atoms with E-state index in [-0.39, 0.29) is 0 Å². The van der Waals surface area contributed by atoms with E-state index in [0.717, 1.165) is 0 Å². The van der Waals surface area contributed by atoms with Crippen molar-refractivity contribution < 1.29 is 4.57 Å². The first-order valence-corrected chi connectivity index (χ1v) is 8.13. The van der Waals surface area contributed by atoms with Crippen LogP contribution in [-0.2, 0) is 7.05 Å². The number of benzene rings is 2. The molecule has 2 heteroatoms. The summed E-state index contributed by atoms with van der Waals surface area (Å²) in [5, 5.41) is 2.50. The maximum absolute atomic E-state index is 4.19. The van der Waals surface area contributed by atoms with Crippen molar-refractivity contribution in [2.45, 2.75) is 6.92 Å². The van der Waals surface area contributed by atoms with Gasteiger partial charge >= 0.3 is 0 Å². The number of aromatic nitrogens is 2. The highest BCUT2D eigenvalue weighted by Gasteiger charge is 2.22. The molecule has 0 atom stereocenters. The third kappa shape index (κ3) is 2.37. The number of aryl methyl sites for hydroxylation is 2. The summed E-state index contributed by atoms with van der Waals surface area (Å²) in [6.45, 7) is 2.17. The summed E-state index contributed by atoms with van der Waals surface area (Å²) < 4.78 is 2.24. The van der Waals surface area contributed by atoms with E-state index >= 15 is 0 Å².